The maximum absolute atomic E-state index is 11.8. The van der Waals surface area contributed by atoms with Gasteiger partial charge in [0.2, 0.25) is 0 Å². The van der Waals surface area contributed by atoms with E-state index in [1.54, 1.807) is 19.1 Å². The molecule has 0 unspecified atom stereocenters. The highest BCUT2D eigenvalue weighted by molar-refractivity contribution is 5.93. The summed E-state index contributed by atoms with van der Waals surface area (Å²) < 4.78 is 15.0. The van der Waals surface area contributed by atoms with Crippen molar-refractivity contribution >= 4 is 17.1 Å². The predicted molar refractivity (Wildman–Crippen MR) is 85.6 cm³/mol. The summed E-state index contributed by atoms with van der Waals surface area (Å²) in [6.45, 7) is 1.91. The fourth-order valence-electron chi connectivity index (χ4n) is 2.31. The third-order valence-corrected chi connectivity index (χ3v) is 3.26. The molecule has 0 bridgehead atoms. The molecule has 0 aliphatic rings. The summed E-state index contributed by atoms with van der Waals surface area (Å²) in [6.07, 6.45) is -0.798. The molecule has 0 amide bonds. The van der Waals surface area contributed by atoms with Crippen LogP contribution in [0.15, 0.2) is 63.8 Å². The molecule has 2 aromatic carbocycles. The topological polar surface area (TPSA) is 65.7 Å². The lowest BCUT2D eigenvalue weighted by Crippen LogP contribution is -2.10. The zero-order valence-electron chi connectivity index (χ0n) is 12.4. The molecule has 3 rings (SSSR count). The zero-order chi connectivity index (χ0) is 16.2. The van der Waals surface area contributed by atoms with Gasteiger partial charge in [0.25, 0.3) is 0 Å². The summed E-state index contributed by atoms with van der Waals surface area (Å²) in [7, 11) is 0. The molecule has 3 aromatic rings. The Hall–Kier alpha value is -3.08. The predicted octanol–water partition coefficient (Wildman–Crippen LogP) is 4.00. The molecular weight excluding hydrogens is 296 g/mol. The highest BCUT2D eigenvalue weighted by Gasteiger charge is 2.11. The van der Waals surface area contributed by atoms with Gasteiger partial charge in [0.05, 0.1) is 6.61 Å². The van der Waals surface area contributed by atoms with Crippen molar-refractivity contribution in [2.45, 2.75) is 6.92 Å². The Kier molecular flexibility index (Phi) is 4.10. The van der Waals surface area contributed by atoms with Crippen molar-refractivity contribution in [1.29, 1.82) is 0 Å². The molecular formula is C18H14O5. The highest BCUT2D eigenvalue weighted by atomic mass is 16.7. The van der Waals surface area contributed by atoms with Gasteiger partial charge in [-0.1, -0.05) is 30.3 Å². The molecule has 0 saturated heterocycles. The molecule has 0 aliphatic carbocycles. The first-order chi connectivity index (χ1) is 11.2. The summed E-state index contributed by atoms with van der Waals surface area (Å²) in [5, 5.41) is 0.756. The third kappa shape index (κ3) is 3.23. The van der Waals surface area contributed by atoms with E-state index in [1.165, 1.54) is 12.1 Å². The van der Waals surface area contributed by atoms with Gasteiger partial charge < -0.3 is 13.9 Å². The van der Waals surface area contributed by atoms with Crippen molar-refractivity contribution in [3.63, 3.8) is 0 Å². The van der Waals surface area contributed by atoms with Crippen LogP contribution in [-0.4, -0.2) is 12.8 Å². The lowest BCUT2D eigenvalue weighted by Gasteiger charge is -2.08. The molecule has 0 atom stereocenters. The highest BCUT2D eigenvalue weighted by Crippen LogP contribution is 2.29. The first kappa shape index (κ1) is 14.8. The second-order valence-corrected chi connectivity index (χ2v) is 4.79. The number of carbonyl (C=O) groups is 1. The molecule has 1 aromatic heterocycles. The summed E-state index contributed by atoms with van der Waals surface area (Å²) in [5.74, 6) is 0.254. The van der Waals surface area contributed by atoms with E-state index in [-0.39, 0.29) is 12.4 Å². The SMILES string of the molecule is CCOC(=O)Oc1ccc2c(-c3ccccc3)cc(=O)oc2c1. The minimum absolute atomic E-state index is 0.222. The molecule has 0 saturated carbocycles. The van der Waals surface area contributed by atoms with E-state index in [0.29, 0.717) is 5.58 Å². The van der Waals surface area contributed by atoms with Crippen LogP contribution in [0.4, 0.5) is 4.79 Å². The van der Waals surface area contributed by atoms with Crippen molar-refractivity contribution in [2.24, 2.45) is 0 Å². The number of rotatable bonds is 3. The van der Waals surface area contributed by atoms with E-state index in [0.717, 1.165) is 16.5 Å². The van der Waals surface area contributed by atoms with E-state index < -0.39 is 11.8 Å². The van der Waals surface area contributed by atoms with E-state index in [1.807, 2.05) is 30.3 Å². The number of fused-ring (bicyclic) bond motifs is 1. The van der Waals surface area contributed by atoms with E-state index in [9.17, 15) is 9.59 Å². The van der Waals surface area contributed by atoms with Gasteiger partial charge in [-0.15, -0.1) is 0 Å². The fraction of sp³-hybridized carbons (Fsp3) is 0.111. The average molecular weight is 310 g/mol. The van der Waals surface area contributed by atoms with Gasteiger partial charge in [-0.05, 0) is 30.2 Å². The van der Waals surface area contributed by atoms with Crippen LogP contribution in [-0.2, 0) is 4.74 Å². The van der Waals surface area contributed by atoms with Crippen molar-refractivity contribution in [3.8, 4) is 16.9 Å². The quantitative estimate of drug-likeness (QED) is 0.415. The molecule has 5 nitrogen and oxygen atoms in total. The van der Waals surface area contributed by atoms with Crippen LogP contribution in [0.1, 0.15) is 6.92 Å². The third-order valence-electron chi connectivity index (χ3n) is 3.26. The van der Waals surface area contributed by atoms with Crippen LogP contribution in [0.3, 0.4) is 0 Å². The Bertz CT molecular complexity index is 896. The van der Waals surface area contributed by atoms with Gasteiger partial charge in [-0.2, -0.15) is 0 Å². The number of ether oxygens (including phenoxy) is 2. The summed E-state index contributed by atoms with van der Waals surface area (Å²) in [6, 6.07) is 15.9. The number of hydrogen-bond acceptors (Lipinski definition) is 5. The van der Waals surface area contributed by atoms with Crippen LogP contribution in [0, 0.1) is 0 Å². The fourth-order valence-corrected chi connectivity index (χ4v) is 2.31. The number of benzene rings is 2. The van der Waals surface area contributed by atoms with Gasteiger partial charge >= 0.3 is 11.8 Å². The lowest BCUT2D eigenvalue weighted by molar-refractivity contribution is 0.104. The maximum atomic E-state index is 11.8. The van der Waals surface area contributed by atoms with E-state index in [4.69, 9.17) is 13.9 Å². The Morgan fingerprint density at radius 2 is 1.87 bits per heavy atom. The first-order valence-corrected chi connectivity index (χ1v) is 7.15. The van der Waals surface area contributed by atoms with Crippen molar-refractivity contribution < 1.29 is 18.7 Å². The van der Waals surface area contributed by atoms with Crippen molar-refractivity contribution in [2.75, 3.05) is 6.61 Å². The summed E-state index contributed by atoms with van der Waals surface area (Å²) >= 11 is 0. The molecule has 0 spiro atoms. The standard InChI is InChI=1S/C18H14O5/c1-2-21-18(20)22-13-8-9-14-15(12-6-4-3-5-7-12)11-17(19)23-16(14)10-13/h3-11H,2H2,1H3. The zero-order valence-corrected chi connectivity index (χ0v) is 12.4. The van der Waals surface area contributed by atoms with Gasteiger partial charge in [0.15, 0.2) is 0 Å². The van der Waals surface area contributed by atoms with Gasteiger partial charge in [0.1, 0.15) is 11.3 Å². The Labute approximate surface area is 132 Å². The maximum Gasteiger partial charge on any atom is 0.513 e. The Balaban J connectivity index is 2.07. The summed E-state index contributed by atoms with van der Waals surface area (Å²) in [5.41, 5.74) is 1.55. The Morgan fingerprint density at radius 3 is 2.61 bits per heavy atom. The molecule has 116 valence electrons. The molecule has 0 N–H and O–H groups in total. The van der Waals surface area contributed by atoms with Crippen LogP contribution in [0.2, 0.25) is 0 Å². The molecule has 1 heterocycles. The molecule has 23 heavy (non-hydrogen) atoms. The summed E-state index contributed by atoms with van der Waals surface area (Å²) in [4.78, 5) is 23.2. The minimum atomic E-state index is -0.798. The van der Waals surface area contributed by atoms with Gasteiger partial charge in [-0.3, -0.25) is 0 Å². The average Bonchev–Trinajstić information content (AvgIpc) is 2.54. The molecule has 0 radical (unpaired) electrons. The monoisotopic (exact) mass is 310 g/mol. The smallest absolute Gasteiger partial charge is 0.434 e. The molecule has 0 aliphatic heterocycles. The van der Waals surface area contributed by atoms with Crippen LogP contribution in [0.25, 0.3) is 22.1 Å². The number of carbonyl (C=O) groups excluding carboxylic acids is 1. The second-order valence-electron chi connectivity index (χ2n) is 4.79. The largest absolute Gasteiger partial charge is 0.513 e. The first-order valence-electron chi connectivity index (χ1n) is 7.15. The lowest BCUT2D eigenvalue weighted by atomic mass is 10.0. The minimum Gasteiger partial charge on any atom is -0.434 e. The van der Waals surface area contributed by atoms with Crippen molar-refractivity contribution in [1.82, 2.24) is 0 Å². The van der Waals surface area contributed by atoms with Crippen LogP contribution >= 0.6 is 0 Å². The normalized spacial score (nSPS) is 10.5. The van der Waals surface area contributed by atoms with Crippen LogP contribution < -0.4 is 10.4 Å². The Morgan fingerprint density at radius 1 is 1.09 bits per heavy atom. The number of hydrogen-bond donors (Lipinski definition) is 0. The van der Waals surface area contributed by atoms with Gasteiger partial charge in [-0.25, -0.2) is 9.59 Å². The van der Waals surface area contributed by atoms with Crippen LogP contribution in [0.5, 0.6) is 5.75 Å². The molecule has 0 fully saturated rings. The van der Waals surface area contributed by atoms with Gasteiger partial charge in [0, 0.05) is 17.5 Å². The van der Waals surface area contributed by atoms with E-state index in [2.05, 4.69) is 0 Å². The molecule has 5 heteroatoms. The second kappa shape index (κ2) is 6.36. The van der Waals surface area contributed by atoms with Crippen molar-refractivity contribution in [3.05, 3.63) is 65.0 Å². The van der Waals surface area contributed by atoms with E-state index >= 15 is 0 Å².